The molecule has 0 atom stereocenters. The third-order valence-corrected chi connectivity index (χ3v) is 16.9. The fourth-order valence-electron chi connectivity index (χ4n) is 14.2. The summed E-state index contributed by atoms with van der Waals surface area (Å²) in [5.74, 6) is 0. The van der Waals surface area contributed by atoms with Crippen LogP contribution in [-0.2, 0) is 18.8 Å². The highest BCUT2D eigenvalue weighted by molar-refractivity contribution is 6.14. The summed E-state index contributed by atoms with van der Waals surface area (Å²) in [6.07, 6.45) is -9.17. The molecule has 0 spiro atoms. The summed E-state index contributed by atoms with van der Waals surface area (Å²) >= 11 is 0. The van der Waals surface area contributed by atoms with E-state index in [4.69, 9.17) is 0 Å². The van der Waals surface area contributed by atoms with E-state index in [-0.39, 0.29) is 16.8 Å². The van der Waals surface area contributed by atoms with Crippen molar-refractivity contribution >= 4 is 43.6 Å². The van der Waals surface area contributed by atoms with Crippen LogP contribution < -0.4 is 0 Å². The Morgan fingerprint density at radius 1 is 0.321 bits per heavy atom. The summed E-state index contributed by atoms with van der Waals surface area (Å²) in [6, 6.07) is 49.9. The molecule has 0 saturated heterocycles. The lowest BCUT2D eigenvalue weighted by Crippen LogP contribution is -2.12. The number of aryl methyl sites for hydroxylation is 10. The van der Waals surface area contributed by atoms with Crippen LogP contribution in [0.5, 0.6) is 0 Å². The Labute approximate surface area is 467 Å². The minimum atomic E-state index is -5.00. The van der Waals surface area contributed by atoms with E-state index in [9.17, 15) is 13.2 Å². The van der Waals surface area contributed by atoms with Gasteiger partial charge in [-0.1, -0.05) is 107 Å². The Morgan fingerprint density at radius 2 is 0.667 bits per heavy atom. The summed E-state index contributed by atoms with van der Waals surface area (Å²) in [7, 11) is 0. The second kappa shape index (κ2) is 18.5. The molecule has 0 amide bonds. The number of aromatic nitrogens is 2. The molecule has 8 heteroatoms. The van der Waals surface area contributed by atoms with Gasteiger partial charge in [0.2, 0.25) is 0 Å². The number of fused-ring (bicyclic) bond motifs is 2. The monoisotopic (exact) mass is 1080 g/mol. The Hall–Kier alpha value is -8.62. The maximum atomic E-state index is 16.3. The highest BCUT2D eigenvalue weighted by Crippen LogP contribution is 2.49. The Morgan fingerprint density at radius 3 is 1.04 bits per heavy atom. The molecule has 402 valence electrons. The van der Waals surface area contributed by atoms with Crippen LogP contribution in [0, 0.1) is 69.2 Å². The van der Waals surface area contributed by atoms with Crippen molar-refractivity contribution in [3.63, 3.8) is 0 Å². The second-order valence-corrected chi connectivity index (χ2v) is 23.0. The first-order chi connectivity index (χ1) is 38.5. The molecule has 16 rings (SSSR count). The number of rotatable bonds is 3. The van der Waals surface area contributed by atoms with Crippen molar-refractivity contribution in [3.05, 3.63) is 236 Å². The van der Waals surface area contributed by atoms with Crippen LogP contribution in [0.1, 0.15) is 77.9 Å². The summed E-state index contributed by atoms with van der Waals surface area (Å²) in [6.45, 7) is 21.2. The molecule has 0 radical (unpaired) electrons. The predicted molar refractivity (Wildman–Crippen MR) is 322 cm³/mol. The number of hydrogen-bond donors (Lipinski definition) is 0. The molecule has 4 aliphatic rings. The van der Waals surface area contributed by atoms with E-state index in [0.717, 1.165) is 156 Å². The van der Waals surface area contributed by atoms with Crippen molar-refractivity contribution < 1.29 is 26.3 Å². The van der Waals surface area contributed by atoms with Crippen LogP contribution in [-0.4, -0.2) is 9.13 Å². The first-order valence-electron chi connectivity index (χ1n) is 27.5. The molecule has 2 nitrogen and oxygen atoms in total. The van der Waals surface area contributed by atoms with Crippen molar-refractivity contribution in [1.82, 2.24) is 9.13 Å². The zero-order valence-corrected chi connectivity index (χ0v) is 46.9. The van der Waals surface area contributed by atoms with Gasteiger partial charge in [0.1, 0.15) is 0 Å². The lowest BCUT2D eigenvalue weighted by atomic mass is 9.85. The zero-order chi connectivity index (χ0) is 56.9. The van der Waals surface area contributed by atoms with Gasteiger partial charge in [0.15, 0.2) is 0 Å². The molecule has 8 bridgehead atoms. The van der Waals surface area contributed by atoms with Crippen molar-refractivity contribution in [2.45, 2.75) is 88.0 Å². The summed E-state index contributed by atoms with van der Waals surface area (Å²) < 4.78 is 96.8. The average Bonchev–Trinajstić information content (AvgIpc) is 4.04. The molecule has 6 heterocycles. The SMILES string of the molecule is Cc1cc(C)c(-c2ccc3c(c2)c2cc4ccc2n3-c2cc(-c3cccc(C(F)(F)F)c3)c(C(F)(F)F)cc2-n2c3ccc(-c5c(C)cc(C)cc5C)cc3c3cc(ccc32)-c2c(C)cc(C)cc2Cc2cc(C)cc(C)c2-4)c(C)c1. The van der Waals surface area contributed by atoms with Crippen LogP contribution >= 0.6 is 0 Å². The van der Waals surface area contributed by atoms with Crippen LogP contribution in [0.15, 0.2) is 158 Å². The van der Waals surface area contributed by atoms with Crippen LogP contribution in [0.25, 0.3) is 111 Å². The molecule has 4 aliphatic heterocycles. The first kappa shape index (κ1) is 51.8. The Balaban J connectivity index is 1.25. The van der Waals surface area contributed by atoms with Crippen molar-refractivity contribution in [1.29, 1.82) is 0 Å². The normalized spacial score (nSPS) is 12.6. The van der Waals surface area contributed by atoms with E-state index in [2.05, 4.69) is 172 Å². The van der Waals surface area contributed by atoms with Gasteiger partial charge in [0.25, 0.3) is 0 Å². The minimum Gasteiger partial charge on any atom is -0.307 e. The van der Waals surface area contributed by atoms with Crippen molar-refractivity contribution in [3.8, 4) is 67.0 Å². The van der Waals surface area contributed by atoms with Gasteiger partial charge in [-0.15, -0.1) is 0 Å². The van der Waals surface area contributed by atoms with E-state index in [1.54, 1.807) is 0 Å². The largest absolute Gasteiger partial charge is 0.417 e. The smallest absolute Gasteiger partial charge is 0.307 e. The van der Waals surface area contributed by atoms with Gasteiger partial charge >= 0.3 is 12.4 Å². The fraction of sp³-hybridized carbons (Fsp3) is 0.178. The van der Waals surface area contributed by atoms with Crippen LogP contribution in [0.2, 0.25) is 0 Å². The van der Waals surface area contributed by atoms with E-state index < -0.39 is 23.5 Å². The standard InChI is InChI=1S/C73H58F6N2/c1-38-22-42(5)68(43(6)23-38)49-14-18-62-57(32-49)59-34-51-16-20-63(59)80(62)66-36-56(48-12-11-13-55(31-48)72(74,75)76)61(73(77,78)79)37-67(66)81-64-19-15-50(69-44(7)24-39(2)25-45(69)8)33-58(64)60-35-52(17-21-65(60)81)71-47(10)27-41(4)29-54(71)30-53-28-40(3)26-46(9)70(51)53/h11-29,31-37H,30H2,1-10H3. The number of halogens is 6. The minimum absolute atomic E-state index is 0.203. The predicted octanol–water partition coefficient (Wildman–Crippen LogP) is 21.2. The molecule has 0 fully saturated rings. The van der Waals surface area contributed by atoms with Gasteiger partial charge in [0, 0.05) is 21.5 Å². The Bertz CT molecular complexity index is 4640. The topological polar surface area (TPSA) is 9.86 Å². The van der Waals surface area contributed by atoms with E-state index in [1.807, 2.05) is 27.3 Å². The highest BCUT2D eigenvalue weighted by Gasteiger charge is 2.38. The van der Waals surface area contributed by atoms with Crippen LogP contribution in [0.4, 0.5) is 26.3 Å². The van der Waals surface area contributed by atoms with Crippen molar-refractivity contribution in [2.24, 2.45) is 0 Å². The maximum absolute atomic E-state index is 16.3. The van der Waals surface area contributed by atoms with E-state index in [0.29, 0.717) is 23.1 Å². The number of benzene rings is 10. The van der Waals surface area contributed by atoms with E-state index in [1.165, 1.54) is 23.8 Å². The molecule has 0 aliphatic carbocycles. The molecule has 0 saturated carbocycles. The second-order valence-electron chi connectivity index (χ2n) is 23.0. The van der Waals surface area contributed by atoms with Gasteiger partial charge in [-0.05, 0) is 249 Å². The summed E-state index contributed by atoms with van der Waals surface area (Å²) in [5.41, 5.74) is 22.6. The van der Waals surface area contributed by atoms with Gasteiger partial charge in [-0.3, -0.25) is 0 Å². The maximum Gasteiger partial charge on any atom is 0.417 e. The van der Waals surface area contributed by atoms with Crippen molar-refractivity contribution in [2.75, 3.05) is 0 Å². The summed E-state index contributed by atoms with van der Waals surface area (Å²) in [5, 5.41) is 3.44. The van der Waals surface area contributed by atoms with Crippen LogP contribution in [0.3, 0.4) is 0 Å². The lowest BCUT2D eigenvalue weighted by Gasteiger charge is -2.23. The third kappa shape index (κ3) is 8.47. The van der Waals surface area contributed by atoms with Gasteiger partial charge in [0.05, 0.1) is 44.6 Å². The van der Waals surface area contributed by atoms with Gasteiger partial charge in [-0.25, -0.2) is 0 Å². The van der Waals surface area contributed by atoms with Gasteiger partial charge < -0.3 is 9.13 Å². The molecule has 2 aromatic heterocycles. The summed E-state index contributed by atoms with van der Waals surface area (Å²) in [4.78, 5) is 0. The number of nitrogens with zero attached hydrogens (tertiary/aromatic N) is 2. The molecule has 0 unspecified atom stereocenters. The van der Waals surface area contributed by atoms with E-state index >= 15 is 13.2 Å². The quantitative estimate of drug-likeness (QED) is 0.156. The first-order valence-corrected chi connectivity index (χ1v) is 27.5. The molecule has 81 heavy (non-hydrogen) atoms. The zero-order valence-electron chi connectivity index (χ0n) is 46.9. The fourth-order valence-corrected chi connectivity index (χ4v) is 14.2. The molecule has 10 aromatic carbocycles. The lowest BCUT2D eigenvalue weighted by molar-refractivity contribution is -0.137. The molecule has 0 N–H and O–H groups in total. The average molecular weight is 1080 g/mol. The number of hydrogen-bond acceptors (Lipinski definition) is 0. The molecular weight excluding hydrogens is 1020 g/mol. The molecule has 12 aromatic rings. The third-order valence-electron chi connectivity index (χ3n) is 16.9. The Kier molecular flexibility index (Phi) is 11.8. The van der Waals surface area contributed by atoms with Gasteiger partial charge in [-0.2, -0.15) is 26.3 Å². The number of alkyl halides is 6. The highest BCUT2D eigenvalue weighted by atomic mass is 19.4. The molecular formula is C73H58F6N2.